The number of aromatic nitrogens is 2. The molecule has 1 aromatic carbocycles. The minimum Gasteiger partial charge on any atom is -0.494 e. The summed E-state index contributed by atoms with van der Waals surface area (Å²) in [6.07, 6.45) is 7.61. The van der Waals surface area contributed by atoms with Crippen molar-refractivity contribution in [3.8, 4) is 5.75 Å². The summed E-state index contributed by atoms with van der Waals surface area (Å²) in [7, 11) is 0. The third-order valence-electron chi connectivity index (χ3n) is 5.40. The lowest BCUT2D eigenvalue weighted by Gasteiger charge is -2.29. The van der Waals surface area contributed by atoms with Crippen LogP contribution in [0.5, 0.6) is 5.75 Å². The SMILES string of the molecule is CCOc1ccc2nc(Cl)c(CN(C(=O)c3cccnc3)C3CCCC3)cc2c1. The highest BCUT2D eigenvalue weighted by molar-refractivity contribution is 6.30. The van der Waals surface area contributed by atoms with Gasteiger partial charge in [-0.15, -0.1) is 0 Å². The molecule has 1 saturated carbocycles. The van der Waals surface area contributed by atoms with Gasteiger partial charge in [0.05, 0.1) is 17.7 Å². The van der Waals surface area contributed by atoms with E-state index in [0.717, 1.165) is 47.9 Å². The predicted molar refractivity (Wildman–Crippen MR) is 114 cm³/mol. The third kappa shape index (κ3) is 4.35. The van der Waals surface area contributed by atoms with E-state index in [0.29, 0.717) is 23.9 Å². The van der Waals surface area contributed by atoms with E-state index >= 15 is 0 Å². The summed E-state index contributed by atoms with van der Waals surface area (Å²) in [6.45, 7) is 2.99. The zero-order valence-corrected chi connectivity index (χ0v) is 17.2. The molecule has 1 fully saturated rings. The van der Waals surface area contributed by atoms with Crippen molar-refractivity contribution >= 4 is 28.4 Å². The molecule has 2 aromatic heterocycles. The summed E-state index contributed by atoms with van der Waals surface area (Å²) in [5, 5.41) is 1.39. The van der Waals surface area contributed by atoms with Crippen LogP contribution < -0.4 is 4.74 Å². The lowest BCUT2D eigenvalue weighted by molar-refractivity contribution is 0.0664. The first-order valence-corrected chi connectivity index (χ1v) is 10.5. The summed E-state index contributed by atoms with van der Waals surface area (Å²) < 4.78 is 5.61. The van der Waals surface area contributed by atoms with Crippen molar-refractivity contribution in [1.29, 1.82) is 0 Å². The number of carbonyl (C=O) groups excluding carboxylic acids is 1. The van der Waals surface area contributed by atoms with E-state index in [1.165, 1.54) is 0 Å². The molecule has 1 aliphatic rings. The number of rotatable bonds is 6. The number of hydrogen-bond acceptors (Lipinski definition) is 4. The summed E-state index contributed by atoms with van der Waals surface area (Å²) in [5.74, 6) is 0.790. The van der Waals surface area contributed by atoms with Gasteiger partial charge in [-0.2, -0.15) is 0 Å². The molecule has 0 atom stereocenters. The average Bonchev–Trinajstić information content (AvgIpc) is 3.27. The van der Waals surface area contributed by atoms with Gasteiger partial charge >= 0.3 is 0 Å². The second kappa shape index (κ2) is 8.78. The molecule has 0 radical (unpaired) electrons. The Kier molecular flexibility index (Phi) is 5.95. The number of hydrogen-bond donors (Lipinski definition) is 0. The summed E-state index contributed by atoms with van der Waals surface area (Å²) in [4.78, 5) is 23.8. The molecule has 0 aliphatic heterocycles. The van der Waals surface area contributed by atoms with Gasteiger partial charge in [0, 0.05) is 35.9 Å². The molecule has 0 unspecified atom stereocenters. The highest BCUT2D eigenvalue weighted by Crippen LogP contribution is 2.30. The molecule has 2 heterocycles. The maximum absolute atomic E-state index is 13.3. The van der Waals surface area contributed by atoms with Crippen molar-refractivity contribution in [2.45, 2.75) is 45.2 Å². The first-order chi connectivity index (χ1) is 14.2. The summed E-state index contributed by atoms with van der Waals surface area (Å²) >= 11 is 6.51. The second-order valence-electron chi connectivity index (χ2n) is 7.34. The number of ether oxygens (including phenoxy) is 1. The van der Waals surface area contributed by atoms with Crippen molar-refractivity contribution in [2.75, 3.05) is 6.61 Å². The van der Waals surface area contributed by atoms with Crippen LogP contribution in [-0.4, -0.2) is 33.4 Å². The molecule has 29 heavy (non-hydrogen) atoms. The molecule has 6 heteroatoms. The van der Waals surface area contributed by atoms with Crippen LogP contribution >= 0.6 is 11.6 Å². The van der Waals surface area contributed by atoms with Crippen LogP contribution in [0.2, 0.25) is 5.15 Å². The van der Waals surface area contributed by atoms with Crippen LogP contribution in [-0.2, 0) is 6.54 Å². The molecule has 0 saturated heterocycles. The number of nitrogens with zero attached hydrogens (tertiary/aromatic N) is 3. The maximum Gasteiger partial charge on any atom is 0.255 e. The maximum atomic E-state index is 13.3. The lowest BCUT2D eigenvalue weighted by atomic mass is 10.1. The molecule has 1 amide bonds. The number of benzene rings is 1. The molecule has 1 aliphatic carbocycles. The minimum absolute atomic E-state index is 0.00997. The molecular formula is C23H24ClN3O2. The molecule has 4 rings (SSSR count). The quantitative estimate of drug-likeness (QED) is 0.520. The number of pyridine rings is 2. The smallest absolute Gasteiger partial charge is 0.255 e. The molecule has 0 bridgehead atoms. The predicted octanol–water partition coefficient (Wildman–Crippen LogP) is 5.27. The Morgan fingerprint density at radius 2 is 2.07 bits per heavy atom. The zero-order valence-electron chi connectivity index (χ0n) is 16.5. The Morgan fingerprint density at radius 1 is 1.24 bits per heavy atom. The monoisotopic (exact) mass is 409 g/mol. The average molecular weight is 410 g/mol. The lowest BCUT2D eigenvalue weighted by Crippen LogP contribution is -2.38. The minimum atomic E-state index is -0.00997. The van der Waals surface area contributed by atoms with E-state index in [-0.39, 0.29) is 11.9 Å². The van der Waals surface area contributed by atoms with E-state index in [1.807, 2.05) is 42.2 Å². The van der Waals surface area contributed by atoms with Crippen LogP contribution in [0.4, 0.5) is 0 Å². The van der Waals surface area contributed by atoms with Gasteiger partial charge < -0.3 is 9.64 Å². The first kappa shape index (κ1) is 19.6. The third-order valence-corrected chi connectivity index (χ3v) is 5.73. The van der Waals surface area contributed by atoms with E-state index in [9.17, 15) is 4.79 Å². The van der Waals surface area contributed by atoms with Gasteiger partial charge in [-0.1, -0.05) is 24.4 Å². The largest absolute Gasteiger partial charge is 0.494 e. The van der Waals surface area contributed by atoms with Gasteiger partial charge in [0.2, 0.25) is 0 Å². The van der Waals surface area contributed by atoms with E-state index < -0.39 is 0 Å². The molecular weight excluding hydrogens is 386 g/mol. The molecule has 0 spiro atoms. The standard InChI is InChI=1S/C23H24ClN3O2/c1-2-29-20-9-10-21-17(13-20)12-18(22(24)26-21)15-27(19-7-3-4-8-19)23(28)16-6-5-11-25-14-16/h5-6,9-14,19H,2-4,7-8,15H2,1H3. The van der Waals surface area contributed by atoms with Crippen molar-refractivity contribution in [1.82, 2.24) is 14.9 Å². The van der Waals surface area contributed by atoms with E-state index in [4.69, 9.17) is 16.3 Å². The number of amides is 1. The van der Waals surface area contributed by atoms with Gasteiger partial charge in [-0.3, -0.25) is 9.78 Å². The highest BCUT2D eigenvalue weighted by Gasteiger charge is 2.28. The normalized spacial score (nSPS) is 14.3. The topological polar surface area (TPSA) is 55.3 Å². The summed E-state index contributed by atoms with van der Waals surface area (Å²) in [6, 6.07) is 11.6. The molecule has 5 nitrogen and oxygen atoms in total. The van der Waals surface area contributed by atoms with E-state index in [1.54, 1.807) is 18.5 Å². The van der Waals surface area contributed by atoms with Crippen molar-refractivity contribution < 1.29 is 9.53 Å². The molecule has 0 N–H and O–H groups in total. The Labute approximate surface area is 175 Å². The highest BCUT2D eigenvalue weighted by atomic mass is 35.5. The molecule has 150 valence electrons. The fourth-order valence-electron chi connectivity index (χ4n) is 3.96. The Bertz CT molecular complexity index is 1000. The van der Waals surface area contributed by atoms with Crippen LogP contribution in [0.3, 0.4) is 0 Å². The van der Waals surface area contributed by atoms with Crippen LogP contribution in [0.25, 0.3) is 10.9 Å². The second-order valence-corrected chi connectivity index (χ2v) is 7.70. The number of fused-ring (bicyclic) bond motifs is 1. The van der Waals surface area contributed by atoms with E-state index in [2.05, 4.69) is 9.97 Å². The number of carbonyl (C=O) groups is 1. The zero-order chi connectivity index (χ0) is 20.2. The van der Waals surface area contributed by atoms with Crippen LogP contribution in [0.15, 0.2) is 48.8 Å². The van der Waals surface area contributed by atoms with Crippen molar-refractivity contribution in [3.05, 3.63) is 65.1 Å². The Morgan fingerprint density at radius 3 is 2.79 bits per heavy atom. The van der Waals surface area contributed by atoms with Crippen molar-refractivity contribution in [2.24, 2.45) is 0 Å². The van der Waals surface area contributed by atoms with Gasteiger partial charge in [0.1, 0.15) is 10.9 Å². The fourth-order valence-corrected chi connectivity index (χ4v) is 4.17. The summed E-state index contributed by atoms with van der Waals surface area (Å²) in [5.41, 5.74) is 2.26. The number of halogens is 1. The van der Waals surface area contributed by atoms with Gasteiger partial charge in [0.15, 0.2) is 0 Å². The fraction of sp³-hybridized carbons (Fsp3) is 0.348. The van der Waals surface area contributed by atoms with Crippen LogP contribution in [0, 0.1) is 0 Å². The molecule has 3 aromatic rings. The Balaban J connectivity index is 1.68. The van der Waals surface area contributed by atoms with Crippen molar-refractivity contribution in [3.63, 3.8) is 0 Å². The van der Waals surface area contributed by atoms with Gasteiger partial charge in [-0.05, 0) is 56.2 Å². The Hall–Kier alpha value is -2.66. The first-order valence-electron chi connectivity index (χ1n) is 10.1. The van der Waals surface area contributed by atoms with Crippen LogP contribution in [0.1, 0.15) is 48.5 Å². The van der Waals surface area contributed by atoms with Gasteiger partial charge in [0.25, 0.3) is 5.91 Å². The van der Waals surface area contributed by atoms with Gasteiger partial charge in [-0.25, -0.2) is 4.98 Å².